The molecule has 1 rings (SSSR count). The van der Waals surface area contributed by atoms with Gasteiger partial charge in [-0.2, -0.15) is 0 Å². The molecule has 0 atom stereocenters. The molecule has 0 aliphatic rings. The first-order valence-corrected chi connectivity index (χ1v) is 4.96. The van der Waals surface area contributed by atoms with Crippen LogP contribution in [-0.4, -0.2) is 30.9 Å². The Balaban J connectivity index is 2.39. The van der Waals surface area contributed by atoms with Gasteiger partial charge in [-0.3, -0.25) is 14.4 Å². The molecular formula is C11H11FN2O4. The zero-order chi connectivity index (χ0) is 13.5. The predicted octanol–water partition coefficient (Wildman–Crippen LogP) is -0.416. The highest BCUT2D eigenvalue weighted by Gasteiger charge is 2.09. The fourth-order valence-corrected chi connectivity index (χ4v) is 1.06. The molecule has 0 heterocycles. The quantitative estimate of drug-likeness (QED) is 0.697. The Kier molecular flexibility index (Phi) is 4.79. The molecule has 0 radical (unpaired) electrons. The van der Waals surface area contributed by atoms with Gasteiger partial charge in [-0.15, -0.1) is 0 Å². The third kappa shape index (κ3) is 4.60. The van der Waals surface area contributed by atoms with Gasteiger partial charge in [-0.1, -0.05) is 0 Å². The molecule has 6 nitrogen and oxygen atoms in total. The number of halogens is 1. The summed E-state index contributed by atoms with van der Waals surface area (Å²) in [5, 5.41) is 2.25. The highest BCUT2D eigenvalue weighted by molar-refractivity contribution is 5.96. The molecule has 0 aliphatic carbocycles. The summed E-state index contributed by atoms with van der Waals surface area (Å²) in [6.45, 7) is -0.936. The van der Waals surface area contributed by atoms with Gasteiger partial charge in [0.1, 0.15) is 12.4 Å². The summed E-state index contributed by atoms with van der Waals surface area (Å²) < 4.78 is 17.0. The van der Waals surface area contributed by atoms with Crippen molar-refractivity contribution in [1.29, 1.82) is 0 Å². The van der Waals surface area contributed by atoms with E-state index in [1.165, 1.54) is 12.1 Å². The van der Waals surface area contributed by atoms with Crippen molar-refractivity contribution < 1.29 is 23.5 Å². The summed E-state index contributed by atoms with van der Waals surface area (Å²) >= 11 is 0. The molecule has 3 N–H and O–H groups in total. The topological polar surface area (TPSA) is 98.5 Å². The molecule has 18 heavy (non-hydrogen) atoms. The van der Waals surface area contributed by atoms with E-state index in [2.05, 4.69) is 10.1 Å². The predicted molar refractivity (Wildman–Crippen MR) is 58.9 cm³/mol. The lowest BCUT2D eigenvalue weighted by molar-refractivity contribution is -0.146. The first-order valence-electron chi connectivity index (χ1n) is 4.96. The molecule has 0 fully saturated rings. The highest BCUT2D eigenvalue weighted by atomic mass is 19.1. The summed E-state index contributed by atoms with van der Waals surface area (Å²) in [6, 6.07) is 4.81. The van der Waals surface area contributed by atoms with Crippen LogP contribution in [0.1, 0.15) is 10.4 Å². The second-order valence-corrected chi connectivity index (χ2v) is 3.32. The average molecular weight is 254 g/mol. The van der Waals surface area contributed by atoms with Crippen LogP contribution in [0, 0.1) is 5.82 Å². The van der Waals surface area contributed by atoms with Gasteiger partial charge in [0, 0.05) is 5.56 Å². The standard InChI is InChI=1S/C11H11FN2O4/c12-8-3-1-7(2-4-8)11(17)14-5-10(16)18-6-9(13)15/h1-4H,5-6H2,(H2,13,15)(H,14,17). The van der Waals surface area contributed by atoms with E-state index < -0.39 is 36.8 Å². The van der Waals surface area contributed by atoms with Gasteiger partial charge >= 0.3 is 5.97 Å². The summed E-state index contributed by atoms with van der Waals surface area (Å²) in [4.78, 5) is 32.8. The molecule has 1 aromatic rings. The summed E-state index contributed by atoms with van der Waals surface area (Å²) in [5.41, 5.74) is 4.97. The molecule has 0 spiro atoms. The van der Waals surface area contributed by atoms with Crippen LogP contribution < -0.4 is 11.1 Å². The summed E-state index contributed by atoms with van der Waals surface area (Å²) in [7, 11) is 0. The minimum atomic E-state index is -0.788. The third-order valence-corrected chi connectivity index (χ3v) is 1.88. The number of nitrogens with one attached hydrogen (secondary N) is 1. The summed E-state index contributed by atoms with van der Waals surface area (Å²) in [6.07, 6.45) is 0. The molecule has 0 unspecified atom stereocenters. The number of carbonyl (C=O) groups excluding carboxylic acids is 3. The van der Waals surface area contributed by atoms with Gasteiger partial charge in [0.2, 0.25) is 0 Å². The van der Waals surface area contributed by atoms with E-state index in [4.69, 9.17) is 5.73 Å². The van der Waals surface area contributed by atoms with Crippen molar-refractivity contribution in [3.8, 4) is 0 Å². The van der Waals surface area contributed by atoms with Gasteiger partial charge in [0.05, 0.1) is 0 Å². The second-order valence-electron chi connectivity index (χ2n) is 3.32. The monoisotopic (exact) mass is 254 g/mol. The normalized spacial score (nSPS) is 9.61. The molecule has 0 bridgehead atoms. The van der Waals surface area contributed by atoms with E-state index in [1.54, 1.807) is 0 Å². The van der Waals surface area contributed by atoms with Gasteiger partial charge in [-0.05, 0) is 24.3 Å². The zero-order valence-corrected chi connectivity index (χ0v) is 9.31. The molecular weight excluding hydrogens is 243 g/mol. The molecule has 0 saturated carbocycles. The molecule has 7 heteroatoms. The molecule has 96 valence electrons. The lowest BCUT2D eigenvalue weighted by Crippen LogP contribution is -2.32. The van der Waals surface area contributed by atoms with E-state index in [-0.39, 0.29) is 5.56 Å². The molecule has 1 aromatic carbocycles. The number of primary amides is 1. The maximum absolute atomic E-state index is 12.6. The maximum Gasteiger partial charge on any atom is 0.325 e. The van der Waals surface area contributed by atoms with Crippen LogP contribution in [0.25, 0.3) is 0 Å². The van der Waals surface area contributed by atoms with Crippen molar-refractivity contribution in [2.45, 2.75) is 0 Å². The number of hydrogen-bond donors (Lipinski definition) is 2. The SMILES string of the molecule is NC(=O)COC(=O)CNC(=O)c1ccc(F)cc1. The minimum absolute atomic E-state index is 0.208. The third-order valence-electron chi connectivity index (χ3n) is 1.88. The Bertz CT molecular complexity index is 459. The van der Waals surface area contributed by atoms with Crippen LogP contribution in [0.5, 0.6) is 0 Å². The van der Waals surface area contributed by atoms with Crippen LogP contribution in [0.3, 0.4) is 0 Å². The number of amides is 2. The van der Waals surface area contributed by atoms with Crippen molar-refractivity contribution in [2.24, 2.45) is 5.73 Å². The first-order chi connectivity index (χ1) is 8.49. The van der Waals surface area contributed by atoms with E-state index in [0.717, 1.165) is 12.1 Å². The van der Waals surface area contributed by atoms with Crippen molar-refractivity contribution in [3.63, 3.8) is 0 Å². The number of nitrogens with two attached hydrogens (primary N) is 1. The molecule has 0 aliphatic heterocycles. The Morgan fingerprint density at radius 1 is 1.22 bits per heavy atom. The lowest BCUT2D eigenvalue weighted by Gasteiger charge is -2.05. The second kappa shape index (κ2) is 6.33. The van der Waals surface area contributed by atoms with E-state index >= 15 is 0 Å². The molecule has 0 saturated heterocycles. The highest BCUT2D eigenvalue weighted by Crippen LogP contribution is 2.02. The zero-order valence-electron chi connectivity index (χ0n) is 9.31. The molecule has 0 aromatic heterocycles. The van der Waals surface area contributed by atoms with Gasteiger partial charge < -0.3 is 15.8 Å². The Morgan fingerprint density at radius 3 is 2.39 bits per heavy atom. The van der Waals surface area contributed by atoms with Crippen LogP contribution in [0.15, 0.2) is 24.3 Å². The fourth-order valence-electron chi connectivity index (χ4n) is 1.06. The number of hydrogen-bond acceptors (Lipinski definition) is 4. The van der Waals surface area contributed by atoms with E-state index in [1.807, 2.05) is 0 Å². The van der Waals surface area contributed by atoms with Crippen LogP contribution >= 0.6 is 0 Å². The van der Waals surface area contributed by atoms with Crippen molar-refractivity contribution in [1.82, 2.24) is 5.32 Å². The number of ether oxygens (including phenoxy) is 1. The average Bonchev–Trinajstić information content (AvgIpc) is 2.34. The van der Waals surface area contributed by atoms with Gasteiger partial charge in [-0.25, -0.2) is 4.39 Å². The smallest absolute Gasteiger partial charge is 0.325 e. The van der Waals surface area contributed by atoms with Crippen LogP contribution in [0.4, 0.5) is 4.39 Å². The Morgan fingerprint density at radius 2 is 1.83 bits per heavy atom. The van der Waals surface area contributed by atoms with Crippen LogP contribution in [0.2, 0.25) is 0 Å². The number of benzene rings is 1. The Hall–Kier alpha value is -2.44. The van der Waals surface area contributed by atoms with Crippen molar-refractivity contribution >= 4 is 17.8 Å². The Labute approximate surface area is 102 Å². The lowest BCUT2D eigenvalue weighted by atomic mass is 10.2. The van der Waals surface area contributed by atoms with Gasteiger partial charge in [0.25, 0.3) is 11.8 Å². The minimum Gasteiger partial charge on any atom is -0.454 e. The number of rotatable bonds is 5. The maximum atomic E-state index is 12.6. The van der Waals surface area contributed by atoms with E-state index in [9.17, 15) is 18.8 Å². The van der Waals surface area contributed by atoms with Crippen LogP contribution in [-0.2, 0) is 14.3 Å². The number of carbonyl (C=O) groups is 3. The van der Waals surface area contributed by atoms with Crippen molar-refractivity contribution in [3.05, 3.63) is 35.6 Å². The fraction of sp³-hybridized carbons (Fsp3) is 0.182. The van der Waals surface area contributed by atoms with Crippen molar-refractivity contribution in [2.75, 3.05) is 13.2 Å². The summed E-state index contributed by atoms with van der Waals surface area (Å²) in [5.74, 6) is -2.59. The molecule has 2 amide bonds. The number of esters is 1. The van der Waals surface area contributed by atoms with Gasteiger partial charge in [0.15, 0.2) is 6.61 Å². The largest absolute Gasteiger partial charge is 0.454 e. The van der Waals surface area contributed by atoms with E-state index in [0.29, 0.717) is 0 Å². The first kappa shape index (κ1) is 13.6.